The Balaban J connectivity index is 2.81. The average Bonchev–Trinajstić information content (AvgIpc) is 2.39. The van der Waals surface area contributed by atoms with Gasteiger partial charge in [0, 0.05) is 12.0 Å². The number of benzene rings is 1. The lowest BCUT2D eigenvalue weighted by Gasteiger charge is -2.41. The van der Waals surface area contributed by atoms with Gasteiger partial charge in [-0.25, -0.2) is 0 Å². The van der Waals surface area contributed by atoms with Crippen LogP contribution in [0.25, 0.3) is 0 Å². The van der Waals surface area contributed by atoms with Gasteiger partial charge in [0.2, 0.25) is 0 Å². The highest BCUT2D eigenvalue weighted by atomic mass is 16.3. The second-order valence-electron chi connectivity index (χ2n) is 7.49. The molecule has 2 heteroatoms. The number of rotatable bonds is 6. The molecule has 0 aliphatic carbocycles. The zero-order valence-electron chi connectivity index (χ0n) is 14.9. The summed E-state index contributed by atoms with van der Waals surface area (Å²) in [6, 6.07) is 8.68. The van der Waals surface area contributed by atoms with Crippen LogP contribution in [0, 0.1) is 0 Å². The lowest BCUT2D eigenvalue weighted by atomic mass is 9.85. The minimum absolute atomic E-state index is 0.178. The molecule has 21 heavy (non-hydrogen) atoms. The SMILES string of the molecule is CCN(CC)C(C)(C)C(O)Cc1ccc(C(C)(C)C)cc1. The summed E-state index contributed by atoms with van der Waals surface area (Å²) in [4.78, 5) is 2.32. The Morgan fingerprint density at radius 1 is 0.952 bits per heavy atom. The van der Waals surface area contributed by atoms with Gasteiger partial charge in [-0.2, -0.15) is 0 Å². The summed E-state index contributed by atoms with van der Waals surface area (Å²) in [6.07, 6.45) is 0.339. The quantitative estimate of drug-likeness (QED) is 0.856. The van der Waals surface area contributed by atoms with E-state index in [9.17, 15) is 5.11 Å². The van der Waals surface area contributed by atoms with Gasteiger partial charge in [0.1, 0.15) is 0 Å². The Morgan fingerprint density at radius 3 is 1.81 bits per heavy atom. The number of aliphatic hydroxyl groups excluding tert-OH is 1. The molecule has 0 aromatic heterocycles. The highest BCUT2D eigenvalue weighted by molar-refractivity contribution is 5.28. The average molecular weight is 291 g/mol. The van der Waals surface area contributed by atoms with Crippen LogP contribution in [0.3, 0.4) is 0 Å². The van der Waals surface area contributed by atoms with Crippen LogP contribution in [0.15, 0.2) is 24.3 Å². The van der Waals surface area contributed by atoms with Crippen LogP contribution in [0.1, 0.15) is 59.6 Å². The molecule has 0 heterocycles. The van der Waals surface area contributed by atoms with Crippen molar-refractivity contribution in [2.24, 2.45) is 0 Å². The zero-order chi connectivity index (χ0) is 16.3. The monoisotopic (exact) mass is 291 g/mol. The highest BCUT2D eigenvalue weighted by Crippen LogP contribution is 2.25. The molecule has 0 bridgehead atoms. The van der Waals surface area contributed by atoms with Crippen LogP contribution in [0.2, 0.25) is 0 Å². The van der Waals surface area contributed by atoms with E-state index in [-0.39, 0.29) is 17.1 Å². The van der Waals surface area contributed by atoms with Crippen molar-refractivity contribution in [3.05, 3.63) is 35.4 Å². The van der Waals surface area contributed by atoms with Crippen LogP contribution in [-0.4, -0.2) is 34.7 Å². The number of nitrogens with zero attached hydrogens (tertiary/aromatic N) is 1. The Labute approximate surface area is 131 Å². The molecular weight excluding hydrogens is 258 g/mol. The molecule has 0 fully saturated rings. The lowest BCUT2D eigenvalue weighted by Crippen LogP contribution is -2.53. The van der Waals surface area contributed by atoms with Gasteiger partial charge in [-0.3, -0.25) is 4.90 Å². The van der Waals surface area contributed by atoms with Crippen molar-refractivity contribution in [3.8, 4) is 0 Å². The van der Waals surface area contributed by atoms with Gasteiger partial charge < -0.3 is 5.11 Å². The fourth-order valence-corrected chi connectivity index (χ4v) is 2.86. The fourth-order valence-electron chi connectivity index (χ4n) is 2.86. The predicted molar refractivity (Wildman–Crippen MR) is 91.9 cm³/mol. The van der Waals surface area contributed by atoms with Crippen molar-refractivity contribution in [2.45, 2.75) is 71.9 Å². The highest BCUT2D eigenvalue weighted by Gasteiger charge is 2.32. The first-order chi connectivity index (χ1) is 9.62. The molecule has 0 aliphatic heterocycles. The predicted octanol–water partition coefficient (Wildman–Crippen LogP) is 4.01. The number of aliphatic hydroxyl groups is 1. The summed E-state index contributed by atoms with van der Waals surface area (Å²) < 4.78 is 0. The largest absolute Gasteiger partial charge is 0.391 e. The maximum absolute atomic E-state index is 10.7. The third-order valence-corrected chi connectivity index (χ3v) is 4.64. The number of likely N-dealkylation sites (N-methyl/N-ethyl adjacent to an activating group) is 1. The molecule has 0 radical (unpaired) electrons. The zero-order valence-corrected chi connectivity index (χ0v) is 14.9. The summed E-state index contributed by atoms with van der Waals surface area (Å²) in [5.41, 5.74) is 2.52. The van der Waals surface area contributed by atoms with Crippen LogP contribution < -0.4 is 0 Å². The molecule has 1 aromatic carbocycles. The smallest absolute Gasteiger partial charge is 0.0758 e. The van der Waals surface area contributed by atoms with E-state index in [4.69, 9.17) is 0 Å². The van der Waals surface area contributed by atoms with Crippen molar-refractivity contribution in [2.75, 3.05) is 13.1 Å². The third-order valence-electron chi connectivity index (χ3n) is 4.64. The van der Waals surface area contributed by atoms with E-state index in [1.165, 1.54) is 11.1 Å². The van der Waals surface area contributed by atoms with Gasteiger partial charge >= 0.3 is 0 Å². The van der Waals surface area contributed by atoms with Crippen molar-refractivity contribution in [1.82, 2.24) is 4.90 Å². The molecule has 120 valence electrons. The first-order valence-corrected chi connectivity index (χ1v) is 8.15. The van der Waals surface area contributed by atoms with Gasteiger partial charge in [0.15, 0.2) is 0 Å². The van der Waals surface area contributed by atoms with E-state index in [0.29, 0.717) is 6.42 Å². The number of hydrogen-bond acceptors (Lipinski definition) is 2. The fraction of sp³-hybridized carbons (Fsp3) is 0.684. The maximum atomic E-state index is 10.7. The summed E-state index contributed by atoms with van der Waals surface area (Å²) >= 11 is 0. The molecule has 1 N–H and O–H groups in total. The van der Waals surface area contributed by atoms with Crippen molar-refractivity contribution in [3.63, 3.8) is 0 Å². The Hall–Kier alpha value is -0.860. The van der Waals surface area contributed by atoms with Crippen molar-refractivity contribution >= 4 is 0 Å². The molecule has 0 saturated carbocycles. The van der Waals surface area contributed by atoms with Crippen molar-refractivity contribution < 1.29 is 5.11 Å². The van der Waals surface area contributed by atoms with E-state index >= 15 is 0 Å². The van der Waals surface area contributed by atoms with Crippen LogP contribution in [0.4, 0.5) is 0 Å². The van der Waals surface area contributed by atoms with Gasteiger partial charge in [0.25, 0.3) is 0 Å². The molecule has 0 saturated heterocycles. The number of hydrogen-bond donors (Lipinski definition) is 1. The molecule has 0 spiro atoms. The minimum Gasteiger partial charge on any atom is -0.391 e. The van der Waals surface area contributed by atoms with E-state index in [2.05, 4.69) is 77.6 Å². The minimum atomic E-state index is -0.363. The lowest BCUT2D eigenvalue weighted by molar-refractivity contribution is -0.00415. The summed E-state index contributed by atoms with van der Waals surface area (Å²) in [7, 11) is 0. The molecule has 2 nitrogen and oxygen atoms in total. The molecule has 0 aliphatic rings. The molecule has 1 rings (SSSR count). The molecule has 1 aromatic rings. The molecule has 1 atom stereocenters. The Kier molecular flexibility index (Phi) is 6.01. The molecule has 0 amide bonds. The Bertz CT molecular complexity index is 424. The van der Waals surface area contributed by atoms with Crippen LogP contribution >= 0.6 is 0 Å². The van der Waals surface area contributed by atoms with Crippen molar-refractivity contribution in [1.29, 1.82) is 0 Å². The summed E-state index contributed by atoms with van der Waals surface area (Å²) in [5.74, 6) is 0. The normalized spacial score (nSPS) is 14.5. The third kappa shape index (κ3) is 4.55. The van der Waals surface area contributed by atoms with E-state index in [0.717, 1.165) is 13.1 Å². The summed E-state index contributed by atoms with van der Waals surface area (Å²) in [6.45, 7) is 17.2. The molecule has 1 unspecified atom stereocenters. The second-order valence-corrected chi connectivity index (χ2v) is 7.49. The van der Waals surface area contributed by atoms with E-state index in [1.807, 2.05) is 0 Å². The maximum Gasteiger partial charge on any atom is 0.0758 e. The summed E-state index contributed by atoms with van der Waals surface area (Å²) in [5, 5.41) is 10.7. The van der Waals surface area contributed by atoms with Gasteiger partial charge in [-0.15, -0.1) is 0 Å². The second kappa shape index (κ2) is 6.93. The van der Waals surface area contributed by atoms with Gasteiger partial charge in [-0.05, 0) is 43.5 Å². The Morgan fingerprint density at radius 2 is 1.43 bits per heavy atom. The van der Waals surface area contributed by atoms with Crippen LogP contribution in [-0.2, 0) is 11.8 Å². The van der Waals surface area contributed by atoms with Gasteiger partial charge in [-0.1, -0.05) is 58.9 Å². The topological polar surface area (TPSA) is 23.5 Å². The first kappa shape index (κ1) is 18.2. The standard InChI is InChI=1S/C19H33NO/c1-8-20(9-2)19(6,7)17(21)14-15-10-12-16(13-11-15)18(3,4)5/h10-13,17,21H,8-9,14H2,1-7H3. The van der Waals surface area contributed by atoms with Crippen LogP contribution in [0.5, 0.6) is 0 Å². The molecular formula is C19H33NO. The van der Waals surface area contributed by atoms with E-state index < -0.39 is 0 Å². The van der Waals surface area contributed by atoms with E-state index in [1.54, 1.807) is 0 Å². The first-order valence-electron chi connectivity index (χ1n) is 8.15. The van der Waals surface area contributed by atoms with Gasteiger partial charge in [0.05, 0.1) is 6.10 Å².